The summed E-state index contributed by atoms with van der Waals surface area (Å²) in [7, 11) is -2.04. The molecule has 0 spiro atoms. The standard InChI is InChI=1S/C20H22N6O4S/c1-12-16(13(2)26-20(23-12)14(10-21)11-22-26)6-8-19(27)24-15-5-7-17(18(9-15)30-3)25-31(4,28)29/h5,7,9,11,25H,6,8H2,1-4H3,(H,24,27). The first-order valence-electron chi connectivity index (χ1n) is 9.32. The molecule has 0 radical (unpaired) electrons. The quantitative estimate of drug-likeness (QED) is 0.572. The molecule has 0 aliphatic rings. The monoisotopic (exact) mass is 442 g/mol. The van der Waals surface area contributed by atoms with Crippen LogP contribution in [0.25, 0.3) is 5.65 Å². The number of carbonyl (C=O) groups is 1. The van der Waals surface area contributed by atoms with E-state index in [0.29, 0.717) is 23.3 Å². The molecule has 1 aromatic carbocycles. The molecule has 2 heterocycles. The van der Waals surface area contributed by atoms with Crippen molar-refractivity contribution in [2.24, 2.45) is 0 Å². The number of ether oxygens (including phenoxy) is 1. The van der Waals surface area contributed by atoms with Crippen LogP contribution in [0.3, 0.4) is 0 Å². The van der Waals surface area contributed by atoms with Crippen molar-refractivity contribution in [3.05, 3.63) is 46.9 Å². The van der Waals surface area contributed by atoms with E-state index < -0.39 is 10.0 Å². The highest BCUT2D eigenvalue weighted by atomic mass is 32.2. The predicted octanol–water partition coefficient (Wildman–Crippen LogP) is 2.17. The van der Waals surface area contributed by atoms with Gasteiger partial charge in [-0.2, -0.15) is 10.4 Å². The van der Waals surface area contributed by atoms with Crippen LogP contribution in [0.1, 0.15) is 28.9 Å². The van der Waals surface area contributed by atoms with E-state index >= 15 is 0 Å². The molecule has 11 heteroatoms. The highest BCUT2D eigenvalue weighted by Gasteiger charge is 2.15. The van der Waals surface area contributed by atoms with Crippen LogP contribution < -0.4 is 14.8 Å². The summed E-state index contributed by atoms with van der Waals surface area (Å²) in [4.78, 5) is 17.0. The van der Waals surface area contributed by atoms with Crippen LogP contribution in [-0.4, -0.2) is 42.3 Å². The molecule has 2 aromatic heterocycles. The van der Waals surface area contributed by atoms with E-state index in [0.717, 1.165) is 23.2 Å². The summed E-state index contributed by atoms with van der Waals surface area (Å²) >= 11 is 0. The molecule has 0 atom stereocenters. The summed E-state index contributed by atoms with van der Waals surface area (Å²) in [5.74, 6) is 0.0690. The van der Waals surface area contributed by atoms with Gasteiger partial charge in [-0.15, -0.1) is 0 Å². The van der Waals surface area contributed by atoms with Crippen LogP contribution >= 0.6 is 0 Å². The predicted molar refractivity (Wildman–Crippen MR) is 116 cm³/mol. The summed E-state index contributed by atoms with van der Waals surface area (Å²) < 4.78 is 32.1. The lowest BCUT2D eigenvalue weighted by atomic mass is 10.1. The minimum atomic E-state index is -3.46. The van der Waals surface area contributed by atoms with Crippen LogP contribution in [0.4, 0.5) is 11.4 Å². The molecule has 0 fully saturated rings. The topological polar surface area (TPSA) is 138 Å². The number of nitrogens with one attached hydrogen (secondary N) is 2. The Kier molecular flexibility index (Phi) is 6.12. The van der Waals surface area contributed by atoms with Gasteiger partial charge in [-0.3, -0.25) is 9.52 Å². The Morgan fingerprint density at radius 3 is 2.71 bits per heavy atom. The number of sulfonamides is 1. The van der Waals surface area contributed by atoms with Crippen molar-refractivity contribution in [2.75, 3.05) is 23.4 Å². The Balaban J connectivity index is 1.73. The first-order valence-corrected chi connectivity index (χ1v) is 11.2. The first-order chi connectivity index (χ1) is 14.6. The van der Waals surface area contributed by atoms with Gasteiger partial charge in [-0.25, -0.2) is 17.9 Å². The lowest BCUT2D eigenvalue weighted by Crippen LogP contribution is -2.15. The highest BCUT2D eigenvalue weighted by molar-refractivity contribution is 7.92. The van der Waals surface area contributed by atoms with Crippen LogP contribution in [0.2, 0.25) is 0 Å². The van der Waals surface area contributed by atoms with Gasteiger partial charge in [-0.05, 0) is 38.0 Å². The Morgan fingerprint density at radius 1 is 1.32 bits per heavy atom. The zero-order valence-electron chi connectivity index (χ0n) is 17.6. The van der Waals surface area contributed by atoms with Crippen molar-refractivity contribution in [3.63, 3.8) is 0 Å². The fraction of sp³-hybridized carbons (Fsp3) is 0.300. The molecule has 3 rings (SSSR count). The molecular formula is C20H22N6O4S. The van der Waals surface area contributed by atoms with Gasteiger partial charge in [-0.1, -0.05) is 0 Å². The molecule has 0 bridgehead atoms. The number of aryl methyl sites for hydroxylation is 2. The zero-order chi connectivity index (χ0) is 22.8. The van der Waals surface area contributed by atoms with Gasteiger partial charge in [0.2, 0.25) is 15.9 Å². The average Bonchev–Trinajstić information content (AvgIpc) is 3.10. The smallest absolute Gasteiger partial charge is 0.229 e. The zero-order valence-corrected chi connectivity index (χ0v) is 18.4. The summed E-state index contributed by atoms with van der Waals surface area (Å²) in [6.07, 6.45) is 3.16. The Labute approximate surface area is 179 Å². The summed E-state index contributed by atoms with van der Waals surface area (Å²) in [5, 5.41) is 16.2. The van der Waals surface area contributed by atoms with Crippen molar-refractivity contribution in [2.45, 2.75) is 26.7 Å². The molecule has 1 amide bonds. The van der Waals surface area contributed by atoms with Crippen molar-refractivity contribution in [3.8, 4) is 11.8 Å². The fourth-order valence-corrected chi connectivity index (χ4v) is 3.83. The van der Waals surface area contributed by atoms with Gasteiger partial charge in [0.05, 0.1) is 25.2 Å². The second kappa shape index (κ2) is 8.61. The van der Waals surface area contributed by atoms with Gasteiger partial charge in [0.1, 0.15) is 17.4 Å². The number of nitrogens with zero attached hydrogens (tertiary/aromatic N) is 4. The molecule has 162 valence electrons. The first kappa shape index (κ1) is 22.0. The maximum Gasteiger partial charge on any atom is 0.229 e. The van der Waals surface area contributed by atoms with E-state index in [1.165, 1.54) is 19.4 Å². The largest absolute Gasteiger partial charge is 0.494 e. The Hall–Kier alpha value is -3.65. The normalized spacial score (nSPS) is 11.2. The Bertz CT molecular complexity index is 1310. The number of anilines is 2. The summed E-state index contributed by atoms with van der Waals surface area (Å²) in [6.45, 7) is 3.72. The summed E-state index contributed by atoms with van der Waals surface area (Å²) in [6, 6.07) is 6.72. The third kappa shape index (κ3) is 4.92. The molecule has 31 heavy (non-hydrogen) atoms. The second-order valence-corrected chi connectivity index (χ2v) is 8.75. The number of hydrogen-bond donors (Lipinski definition) is 2. The lowest BCUT2D eigenvalue weighted by Gasteiger charge is -2.13. The van der Waals surface area contributed by atoms with Gasteiger partial charge >= 0.3 is 0 Å². The molecule has 0 aliphatic carbocycles. The average molecular weight is 443 g/mol. The van der Waals surface area contributed by atoms with E-state index in [1.807, 2.05) is 13.8 Å². The number of rotatable bonds is 7. The number of benzene rings is 1. The Morgan fingerprint density at radius 2 is 2.06 bits per heavy atom. The van der Waals surface area contributed by atoms with Crippen LogP contribution in [0, 0.1) is 25.2 Å². The molecule has 0 saturated carbocycles. The number of methoxy groups -OCH3 is 1. The van der Waals surface area contributed by atoms with E-state index in [1.54, 1.807) is 16.6 Å². The minimum Gasteiger partial charge on any atom is -0.494 e. The van der Waals surface area contributed by atoms with E-state index in [2.05, 4.69) is 26.2 Å². The fourth-order valence-electron chi connectivity index (χ4n) is 3.27. The minimum absolute atomic E-state index is 0.201. The highest BCUT2D eigenvalue weighted by Crippen LogP contribution is 2.29. The third-order valence-corrected chi connectivity index (χ3v) is 5.30. The second-order valence-electron chi connectivity index (χ2n) is 7.00. The number of hydrogen-bond acceptors (Lipinski definition) is 7. The molecule has 10 nitrogen and oxygen atoms in total. The van der Waals surface area contributed by atoms with Gasteiger partial charge < -0.3 is 10.1 Å². The molecule has 0 aliphatic heterocycles. The van der Waals surface area contributed by atoms with Crippen LogP contribution in [0.15, 0.2) is 24.4 Å². The molecule has 0 unspecified atom stereocenters. The van der Waals surface area contributed by atoms with E-state index in [4.69, 9.17) is 10.00 Å². The number of nitriles is 1. The third-order valence-electron chi connectivity index (χ3n) is 4.71. The van der Waals surface area contributed by atoms with Gasteiger partial charge in [0.25, 0.3) is 0 Å². The molecule has 3 aromatic rings. The van der Waals surface area contributed by atoms with Gasteiger partial charge in [0.15, 0.2) is 5.65 Å². The lowest BCUT2D eigenvalue weighted by molar-refractivity contribution is -0.116. The number of fused-ring (bicyclic) bond motifs is 1. The molecular weight excluding hydrogens is 420 g/mol. The van der Waals surface area contributed by atoms with Crippen LogP contribution in [0.5, 0.6) is 5.75 Å². The number of carbonyl (C=O) groups excluding carboxylic acids is 1. The number of amides is 1. The van der Waals surface area contributed by atoms with Crippen molar-refractivity contribution < 1.29 is 17.9 Å². The number of aromatic nitrogens is 3. The van der Waals surface area contributed by atoms with Crippen molar-refractivity contribution in [1.82, 2.24) is 14.6 Å². The maximum absolute atomic E-state index is 12.5. The molecule has 2 N–H and O–H groups in total. The van der Waals surface area contributed by atoms with E-state index in [9.17, 15) is 13.2 Å². The SMILES string of the molecule is COc1cc(NC(=O)CCc2c(C)nc3c(C#N)cnn3c2C)ccc1NS(C)(=O)=O. The van der Waals surface area contributed by atoms with Crippen LogP contribution in [-0.2, 0) is 21.2 Å². The van der Waals surface area contributed by atoms with Crippen molar-refractivity contribution in [1.29, 1.82) is 5.26 Å². The maximum atomic E-state index is 12.5. The van der Waals surface area contributed by atoms with Crippen molar-refractivity contribution >= 4 is 33.0 Å². The summed E-state index contributed by atoms with van der Waals surface area (Å²) in [5.41, 5.74) is 4.12. The van der Waals surface area contributed by atoms with Gasteiger partial charge in [0, 0.05) is 29.6 Å². The molecule has 0 saturated heterocycles. The van der Waals surface area contributed by atoms with E-state index in [-0.39, 0.29) is 23.8 Å².